The lowest BCUT2D eigenvalue weighted by atomic mass is 9.99. The van der Waals surface area contributed by atoms with Crippen LogP contribution in [-0.4, -0.2) is 42.8 Å². The molecule has 1 aromatic carbocycles. The van der Waals surface area contributed by atoms with Gasteiger partial charge in [0, 0.05) is 25.4 Å². The minimum atomic E-state index is -0.125. The van der Waals surface area contributed by atoms with Gasteiger partial charge in [-0.05, 0) is 52.9 Å². The average Bonchev–Trinajstić information content (AvgIpc) is 2.47. The second kappa shape index (κ2) is 6.95. The number of aliphatic hydroxyl groups excluding tert-OH is 1. The summed E-state index contributed by atoms with van der Waals surface area (Å²) in [7, 11) is 1.60. The zero-order chi connectivity index (χ0) is 14.5. The zero-order valence-electron chi connectivity index (χ0n) is 11.4. The molecule has 6 heteroatoms. The molecule has 20 heavy (non-hydrogen) atoms. The summed E-state index contributed by atoms with van der Waals surface area (Å²) in [6.45, 7) is 1.48. The summed E-state index contributed by atoms with van der Waals surface area (Å²) in [5.74, 6) is 0.915. The summed E-state index contributed by atoms with van der Waals surface area (Å²) >= 11 is 3.39. The summed E-state index contributed by atoms with van der Waals surface area (Å²) in [6.07, 6.45) is 1.92. The Balaban J connectivity index is 1.98. The van der Waals surface area contributed by atoms with Gasteiger partial charge in [0.1, 0.15) is 5.75 Å². The predicted molar refractivity (Wildman–Crippen MR) is 81.1 cm³/mol. The molecule has 1 fully saturated rings. The molecule has 110 valence electrons. The molecule has 2 rings (SSSR count). The van der Waals surface area contributed by atoms with Crippen LogP contribution in [0.3, 0.4) is 0 Å². The van der Waals surface area contributed by atoms with E-state index in [1.165, 1.54) is 0 Å². The lowest BCUT2D eigenvalue weighted by Gasteiger charge is -2.31. The molecule has 1 unspecified atom stereocenters. The van der Waals surface area contributed by atoms with E-state index in [-0.39, 0.29) is 18.6 Å². The molecule has 1 aliphatic rings. The molecule has 1 saturated heterocycles. The highest BCUT2D eigenvalue weighted by Crippen LogP contribution is 2.28. The van der Waals surface area contributed by atoms with Gasteiger partial charge >= 0.3 is 6.03 Å². The molecule has 5 nitrogen and oxygen atoms in total. The third-order valence-electron chi connectivity index (χ3n) is 3.47. The number of halogens is 1. The number of aliphatic hydroxyl groups is 1. The number of anilines is 1. The monoisotopic (exact) mass is 342 g/mol. The quantitative estimate of drug-likeness (QED) is 0.887. The maximum Gasteiger partial charge on any atom is 0.321 e. The topological polar surface area (TPSA) is 61.8 Å². The number of amides is 2. The Morgan fingerprint density at radius 2 is 2.40 bits per heavy atom. The number of piperidine rings is 1. The number of benzene rings is 1. The van der Waals surface area contributed by atoms with E-state index in [9.17, 15) is 9.90 Å². The third-order valence-corrected chi connectivity index (χ3v) is 4.09. The van der Waals surface area contributed by atoms with Gasteiger partial charge in [-0.1, -0.05) is 0 Å². The summed E-state index contributed by atoms with van der Waals surface area (Å²) in [6, 6.07) is 5.28. The van der Waals surface area contributed by atoms with E-state index < -0.39 is 0 Å². The predicted octanol–water partition coefficient (Wildman–Crippen LogP) is 2.69. The SMILES string of the molecule is COc1ccc(NC(=O)N2CCCC(CO)C2)cc1Br. The number of methoxy groups -OCH3 is 1. The second-order valence-corrected chi connectivity index (χ2v) is 5.77. The zero-order valence-corrected chi connectivity index (χ0v) is 13.0. The van der Waals surface area contributed by atoms with E-state index in [0.717, 1.165) is 29.6 Å². The van der Waals surface area contributed by atoms with Crippen LogP contribution in [0.5, 0.6) is 5.75 Å². The van der Waals surface area contributed by atoms with Crippen LogP contribution >= 0.6 is 15.9 Å². The molecule has 0 aliphatic carbocycles. The smallest absolute Gasteiger partial charge is 0.321 e. The van der Waals surface area contributed by atoms with Gasteiger partial charge in [-0.3, -0.25) is 0 Å². The highest BCUT2D eigenvalue weighted by Gasteiger charge is 2.23. The first-order chi connectivity index (χ1) is 9.63. The molecule has 0 spiro atoms. The van der Waals surface area contributed by atoms with Crippen molar-refractivity contribution in [2.75, 3.05) is 32.1 Å². The maximum absolute atomic E-state index is 12.2. The van der Waals surface area contributed by atoms with Crippen LogP contribution in [0.25, 0.3) is 0 Å². The van der Waals surface area contributed by atoms with Crippen molar-refractivity contribution in [1.82, 2.24) is 4.90 Å². The Labute approximate surface area is 127 Å². The van der Waals surface area contributed by atoms with Crippen molar-refractivity contribution in [3.8, 4) is 5.75 Å². The van der Waals surface area contributed by atoms with Gasteiger partial charge in [0.15, 0.2) is 0 Å². The van der Waals surface area contributed by atoms with E-state index in [4.69, 9.17) is 4.74 Å². The van der Waals surface area contributed by atoms with Gasteiger partial charge in [-0.2, -0.15) is 0 Å². The summed E-state index contributed by atoms with van der Waals surface area (Å²) < 4.78 is 5.95. The standard InChI is InChI=1S/C14H19BrN2O3/c1-20-13-5-4-11(7-12(13)15)16-14(19)17-6-2-3-10(8-17)9-18/h4-5,7,10,18H,2-3,6,8-9H2,1H3,(H,16,19). The highest BCUT2D eigenvalue weighted by atomic mass is 79.9. The van der Waals surface area contributed by atoms with Crippen molar-refractivity contribution in [3.05, 3.63) is 22.7 Å². The molecule has 1 aromatic rings. The Hall–Kier alpha value is -1.27. The number of ether oxygens (including phenoxy) is 1. The normalized spacial score (nSPS) is 18.8. The van der Waals surface area contributed by atoms with Crippen LogP contribution in [0.4, 0.5) is 10.5 Å². The lowest BCUT2D eigenvalue weighted by Crippen LogP contribution is -2.43. The van der Waals surface area contributed by atoms with E-state index in [2.05, 4.69) is 21.2 Å². The fourth-order valence-electron chi connectivity index (χ4n) is 2.35. The lowest BCUT2D eigenvalue weighted by molar-refractivity contribution is 0.136. The fourth-order valence-corrected chi connectivity index (χ4v) is 2.89. The molecule has 0 bridgehead atoms. The van der Waals surface area contributed by atoms with Crippen molar-refractivity contribution < 1.29 is 14.6 Å². The van der Waals surface area contributed by atoms with Gasteiger partial charge in [0.25, 0.3) is 0 Å². The highest BCUT2D eigenvalue weighted by molar-refractivity contribution is 9.10. The van der Waals surface area contributed by atoms with Crippen LogP contribution in [0.1, 0.15) is 12.8 Å². The summed E-state index contributed by atoms with van der Waals surface area (Å²) in [5.41, 5.74) is 0.716. The molecule has 1 atom stereocenters. The first-order valence-corrected chi connectivity index (χ1v) is 7.43. The van der Waals surface area contributed by atoms with Crippen molar-refractivity contribution in [2.24, 2.45) is 5.92 Å². The minimum absolute atomic E-state index is 0.125. The number of hydrogen-bond donors (Lipinski definition) is 2. The molecule has 1 heterocycles. The van der Waals surface area contributed by atoms with Gasteiger partial charge in [-0.25, -0.2) is 4.79 Å². The molecular formula is C14H19BrN2O3. The average molecular weight is 343 g/mol. The number of likely N-dealkylation sites (tertiary alicyclic amines) is 1. The van der Waals surface area contributed by atoms with E-state index in [0.29, 0.717) is 12.2 Å². The Morgan fingerprint density at radius 3 is 3.05 bits per heavy atom. The summed E-state index contributed by atoms with van der Waals surface area (Å²) in [4.78, 5) is 13.9. The second-order valence-electron chi connectivity index (χ2n) is 4.92. The van der Waals surface area contributed by atoms with Crippen LogP contribution < -0.4 is 10.1 Å². The number of rotatable bonds is 3. The number of nitrogens with one attached hydrogen (secondary N) is 1. The molecule has 0 saturated carbocycles. The number of hydrogen-bond acceptors (Lipinski definition) is 3. The summed E-state index contributed by atoms with van der Waals surface area (Å²) in [5, 5.41) is 12.1. The largest absolute Gasteiger partial charge is 0.496 e. The van der Waals surface area contributed by atoms with Crippen LogP contribution in [0.2, 0.25) is 0 Å². The van der Waals surface area contributed by atoms with E-state index in [1.54, 1.807) is 24.1 Å². The number of nitrogens with zero attached hydrogens (tertiary/aromatic N) is 1. The van der Waals surface area contributed by atoms with Crippen LogP contribution in [0.15, 0.2) is 22.7 Å². The molecule has 1 aliphatic heterocycles. The van der Waals surface area contributed by atoms with Gasteiger partial charge in [0.2, 0.25) is 0 Å². The third kappa shape index (κ3) is 3.64. The van der Waals surface area contributed by atoms with Crippen molar-refractivity contribution in [1.29, 1.82) is 0 Å². The van der Waals surface area contributed by atoms with Crippen molar-refractivity contribution >= 4 is 27.6 Å². The van der Waals surface area contributed by atoms with Crippen molar-refractivity contribution in [2.45, 2.75) is 12.8 Å². The van der Waals surface area contributed by atoms with Gasteiger partial charge < -0.3 is 20.1 Å². The first-order valence-electron chi connectivity index (χ1n) is 6.64. The molecule has 2 amide bonds. The van der Waals surface area contributed by atoms with E-state index >= 15 is 0 Å². The Morgan fingerprint density at radius 1 is 1.60 bits per heavy atom. The Bertz CT molecular complexity index is 481. The molecule has 0 aromatic heterocycles. The van der Waals surface area contributed by atoms with Crippen LogP contribution in [0, 0.1) is 5.92 Å². The number of carbonyl (C=O) groups is 1. The fraction of sp³-hybridized carbons (Fsp3) is 0.500. The van der Waals surface area contributed by atoms with Crippen molar-refractivity contribution in [3.63, 3.8) is 0 Å². The van der Waals surface area contributed by atoms with E-state index in [1.807, 2.05) is 6.07 Å². The number of carbonyl (C=O) groups excluding carboxylic acids is 1. The minimum Gasteiger partial charge on any atom is -0.496 e. The first kappa shape index (κ1) is 15.1. The molecular weight excluding hydrogens is 324 g/mol. The van der Waals surface area contributed by atoms with Gasteiger partial charge in [-0.15, -0.1) is 0 Å². The number of urea groups is 1. The molecule has 2 N–H and O–H groups in total. The van der Waals surface area contributed by atoms with Crippen LogP contribution in [-0.2, 0) is 0 Å². The van der Waals surface area contributed by atoms with Gasteiger partial charge in [0.05, 0.1) is 11.6 Å². The Kier molecular flexibility index (Phi) is 5.25. The maximum atomic E-state index is 12.2. The molecule has 0 radical (unpaired) electrons.